The first-order valence-corrected chi connectivity index (χ1v) is 5.75. The fourth-order valence-corrected chi connectivity index (χ4v) is 1.36. The lowest BCUT2D eigenvalue weighted by atomic mass is 10.0. The molecule has 6 nitrogen and oxygen atoms in total. The largest absolute Gasteiger partial charge is 0.444 e. The van der Waals surface area contributed by atoms with Crippen LogP contribution in [0, 0.1) is 5.92 Å². The smallest absolute Gasteiger partial charge is 0.407 e. The summed E-state index contributed by atoms with van der Waals surface area (Å²) in [6, 6.07) is -0.180. The van der Waals surface area contributed by atoms with Gasteiger partial charge in [0.15, 0.2) is 0 Å². The molecule has 0 aromatic rings. The van der Waals surface area contributed by atoms with E-state index < -0.39 is 11.7 Å². The van der Waals surface area contributed by atoms with E-state index in [1.807, 2.05) is 13.8 Å². The van der Waals surface area contributed by atoms with Gasteiger partial charge >= 0.3 is 6.09 Å². The van der Waals surface area contributed by atoms with Gasteiger partial charge in [0.1, 0.15) is 5.60 Å². The molecule has 0 unspecified atom stereocenters. The van der Waals surface area contributed by atoms with Gasteiger partial charge in [0.05, 0.1) is 0 Å². The first-order valence-electron chi connectivity index (χ1n) is 5.75. The Labute approximate surface area is 102 Å². The number of carbonyl (C=O) groups excluding carboxylic acids is 1. The molecule has 1 N–H and O–H groups in total. The first-order chi connectivity index (χ1) is 7.74. The van der Waals surface area contributed by atoms with E-state index in [9.17, 15) is 4.79 Å². The van der Waals surface area contributed by atoms with E-state index in [2.05, 4.69) is 15.3 Å². The van der Waals surface area contributed by atoms with Gasteiger partial charge in [0.25, 0.3) is 0 Å². The normalized spacial score (nSPS) is 12.8. The average Bonchev–Trinajstić information content (AvgIpc) is 2.09. The second kappa shape index (κ2) is 7.01. The number of ether oxygens (including phenoxy) is 1. The maximum absolute atomic E-state index is 11.5. The minimum absolute atomic E-state index is 0.180. The molecule has 17 heavy (non-hydrogen) atoms. The van der Waals surface area contributed by atoms with Crippen molar-refractivity contribution in [2.45, 2.75) is 52.7 Å². The fraction of sp³-hybridized carbons (Fsp3) is 0.909. The first kappa shape index (κ1) is 15.6. The van der Waals surface area contributed by atoms with Crippen molar-refractivity contribution in [3.63, 3.8) is 0 Å². The van der Waals surface area contributed by atoms with Gasteiger partial charge in [-0.3, -0.25) is 0 Å². The highest BCUT2D eigenvalue weighted by Gasteiger charge is 2.19. The number of azide groups is 1. The summed E-state index contributed by atoms with van der Waals surface area (Å²) in [7, 11) is 0. The third kappa shape index (κ3) is 9.51. The van der Waals surface area contributed by atoms with Crippen molar-refractivity contribution in [3.05, 3.63) is 10.4 Å². The third-order valence-corrected chi connectivity index (χ3v) is 1.84. The molecule has 0 radical (unpaired) electrons. The second-order valence-electron chi connectivity index (χ2n) is 5.39. The summed E-state index contributed by atoms with van der Waals surface area (Å²) in [6.07, 6.45) is 0.273. The molecule has 0 aliphatic rings. The van der Waals surface area contributed by atoms with Crippen molar-refractivity contribution in [2.75, 3.05) is 6.54 Å². The molecule has 0 rings (SSSR count). The zero-order valence-corrected chi connectivity index (χ0v) is 11.2. The Morgan fingerprint density at radius 3 is 2.47 bits per heavy atom. The van der Waals surface area contributed by atoms with Crippen LogP contribution < -0.4 is 5.32 Å². The molecule has 0 aromatic carbocycles. The topological polar surface area (TPSA) is 87.1 Å². The molecule has 0 bridgehead atoms. The molecule has 1 amide bonds. The van der Waals surface area contributed by atoms with Crippen LogP contribution in [0.2, 0.25) is 0 Å². The lowest BCUT2D eigenvalue weighted by Gasteiger charge is -2.23. The summed E-state index contributed by atoms with van der Waals surface area (Å²) in [5.41, 5.74) is 7.76. The van der Waals surface area contributed by atoms with Gasteiger partial charge in [-0.15, -0.1) is 0 Å². The molecule has 0 aliphatic heterocycles. The molecule has 0 fully saturated rings. The van der Waals surface area contributed by atoms with Crippen LogP contribution in [0.3, 0.4) is 0 Å². The molecule has 0 aromatic heterocycles. The number of alkyl carbamates (subject to hydrolysis) is 1. The zero-order valence-electron chi connectivity index (χ0n) is 11.2. The minimum Gasteiger partial charge on any atom is -0.444 e. The van der Waals surface area contributed by atoms with Gasteiger partial charge < -0.3 is 10.1 Å². The lowest BCUT2D eigenvalue weighted by molar-refractivity contribution is 0.0501. The molecule has 0 saturated heterocycles. The molecular formula is C11H22N4O2. The van der Waals surface area contributed by atoms with Crippen molar-refractivity contribution >= 4 is 6.09 Å². The maximum Gasteiger partial charge on any atom is 0.407 e. The Kier molecular flexibility index (Phi) is 6.43. The Morgan fingerprint density at radius 2 is 2.06 bits per heavy atom. The van der Waals surface area contributed by atoms with Gasteiger partial charge in [-0.1, -0.05) is 19.0 Å². The highest BCUT2D eigenvalue weighted by Crippen LogP contribution is 2.09. The van der Waals surface area contributed by atoms with Crippen LogP contribution in [0.1, 0.15) is 41.0 Å². The quantitative estimate of drug-likeness (QED) is 0.455. The number of nitrogens with one attached hydrogen (secondary N) is 1. The lowest BCUT2D eigenvalue weighted by Crippen LogP contribution is -2.41. The van der Waals surface area contributed by atoms with E-state index in [-0.39, 0.29) is 12.6 Å². The molecule has 98 valence electrons. The summed E-state index contributed by atoms with van der Waals surface area (Å²) in [5.74, 6) is 0.406. The molecular weight excluding hydrogens is 220 g/mol. The van der Waals surface area contributed by atoms with Crippen molar-refractivity contribution in [2.24, 2.45) is 11.0 Å². The summed E-state index contributed by atoms with van der Waals surface area (Å²) in [6.45, 7) is 9.74. The summed E-state index contributed by atoms with van der Waals surface area (Å²) < 4.78 is 5.14. The predicted octanol–water partition coefficient (Wildman–Crippen LogP) is 3.24. The van der Waals surface area contributed by atoms with Crippen LogP contribution in [0.4, 0.5) is 4.79 Å². The monoisotopic (exact) mass is 242 g/mol. The molecule has 0 saturated carbocycles. The van der Waals surface area contributed by atoms with Crippen LogP contribution in [0.25, 0.3) is 10.4 Å². The minimum atomic E-state index is -0.523. The fourth-order valence-electron chi connectivity index (χ4n) is 1.36. The standard InChI is InChI=1S/C11H22N4O2/c1-8(2)6-9(7-13-15-12)14-10(16)17-11(3,4)5/h8-9H,6-7H2,1-5H3,(H,14,16)/t9-/m1/s1. The van der Waals surface area contributed by atoms with Crippen molar-refractivity contribution < 1.29 is 9.53 Å². The van der Waals surface area contributed by atoms with Crippen LogP contribution in [0.15, 0.2) is 5.11 Å². The van der Waals surface area contributed by atoms with E-state index in [1.165, 1.54) is 0 Å². The van der Waals surface area contributed by atoms with Crippen LogP contribution in [-0.2, 0) is 4.74 Å². The molecule has 0 spiro atoms. The highest BCUT2D eigenvalue weighted by atomic mass is 16.6. The zero-order chi connectivity index (χ0) is 13.5. The second-order valence-corrected chi connectivity index (χ2v) is 5.39. The Balaban J connectivity index is 4.31. The molecule has 1 atom stereocenters. The van der Waals surface area contributed by atoms with E-state index in [1.54, 1.807) is 20.8 Å². The average molecular weight is 242 g/mol. The number of carbonyl (C=O) groups is 1. The Bertz CT molecular complexity index is 290. The molecule has 0 heterocycles. The number of hydrogen-bond donors (Lipinski definition) is 1. The van der Waals surface area contributed by atoms with E-state index >= 15 is 0 Å². The van der Waals surface area contributed by atoms with Gasteiger partial charge in [0, 0.05) is 17.5 Å². The summed E-state index contributed by atoms with van der Waals surface area (Å²) in [5, 5.41) is 6.20. The summed E-state index contributed by atoms with van der Waals surface area (Å²) in [4.78, 5) is 14.2. The predicted molar refractivity (Wildman–Crippen MR) is 66.6 cm³/mol. The summed E-state index contributed by atoms with van der Waals surface area (Å²) >= 11 is 0. The number of rotatable bonds is 5. The number of nitrogens with zero attached hydrogens (tertiary/aromatic N) is 3. The molecule has 0 aliphatic carbocycles. The SMILES string of the molecule is CC(C)C[C@H](CN=[N+]=[N-])NC(=O)OC(C)(C)C. The van der Waals surface area contributed by atoms with Gasteiger partial charge in [-0.2, -0.15) is 0 Å². The van der Waals surface area contributed by atoms with Crippen molar-refractivity contribution in [1.82, 2.24) is 5.32 Å². The van der Waals surface area contributed by atoms with E-state index in [0.29, 0.717) is 5.92 Å². The van der Waals surface area contributed by atoms with Crippen LogP contribution in [-0.4, -0.2) is 24.3 Å². The highest BCUT2D eigenvalue weighted by molar-refractivity contribution is 5.68. The van der Waals surface area contributed by atoms with Crippen molar-refractivity contribution in [1.29, 1.82) is 0 Å². The van der Waals surface area contributed by atoms with Crippen molar-refractivity contribution in [3.8, 4) is 0 Å². The van der Waals surface area contributed by atoms with Gasteiger partial charge in [-0.05, 0) is 38.6 Å². The van der Waals surface area contributed by atoms with E-state index in [0.717, 1.165) is 6.42 Å². The maximum atomic E-state index is 11.5. The van der Waals surface area contributed by atoms with Gasteiger partial charge in [-0.25, -0.2) is 4.79 Å². The Morgan fingerprint density at radius 1 is 1.47 bits per heavy atom. The Hall–Kier alpha value is -1.42. The number of hydrogen-bond acceptors (Lipinski definition) is 3. The molecule has 6 heteroatoms. The van der Waals surface area contributed by atoms with Crippen LogP contribution in [0.5, 0.6) is 0 Å². The van der Waals surface area contributed by atoms with Gasteiger partial charge in [0.2, 0.25) is 0 Å². The third-order valence-electron chi connectivity index (χ3n) is 1.84. The number of amides is 1. The van der Waals surface area contributed by atoms with Crippen LogP contribution >= 0.6 is 0 Å². The van der Waals surface area contributed by atoms with E-state index in [4.69, 9.17) is 10.3 Å².